The number of hydrogen-bond donors (Lipinski definition) is 0. The van der Waals surface area contributed by atoms with Crippen molar-refractivity contribution < 1.29 is 21.6 Å². The first-order valence-electron chi connectivity index (χ1n) is 9.07. The maximum Gasteiger partial charge on any atom is 0.433 e. The maximum absolute atomic E-state index is 13.6. The Hall–Kier alpha value is -2.98. The highest BCUT2D eigenvalue weighted by molar-refractivity contribution is 7.90. The number of nitrogens with zero attached hydrogens (tertiary/aromatic N) is 3. The summed E-state index contributed by atoms with van der Waals surface area (Å²) in [7, 11) is -3.37. The van der Waals surface area contributed by atoms with Gasteiger partial charge in [-0.05, 0) is 48.0 Å². The minimum absolute atomic E-state index is 0.107. The van der Waals surface area contributed by atoms with Crippen molar-refractivity contribution in [3.8, 4) is 21.0 Å². The van der Waals surface area contributed by atoms with Gasteiger partial charge in [-0.1, -0.05) is 18.2 Å². The zero-order valence-electron chi connectivity index (χ0n) is 16.2. The lowest BCUT2D eigenvalue weighted by Gasteiger charge is -2.09. The number of aromatic nitrogens is 3. The van der Waals surface area contributed by atoms with E-state index in [1.807, 2.05) is 0 Å². The van der Waals surface area contributed by atoms with Crippen molar-refractivity contribution >= 4 is 21.2 Å². The highest BCUT2D eigenvalue weighted by Gasteiger charge is 2.36. The zero-order chi connectivity index (χ0) is 22.2. The first-order chi connectivity index (χ1) is 14.6. The van der Waals surface area contributed by atoms with Crippen LogP contribution >= 0.6 is 11.3 Å². The summed E-state index contributed by atoms with van der Waals surface area (Å²) in [6, 6.07) is 15.9. The molecule has 0 unspecified atom stereocenters. The molecule has 1 aromatic carbocycles. The molecule has 4 rings (SSSR count). The Bertz CT molecular complexity index is 1330. The van der Waals surface area contributed by atoms with Crippen molar-refractivity contribution in [2.24, 2.45) is 0 Å². The Morgan fingerprint density at radius 3 is 2.45 bits per heavy atom. The molecule has 5 nitrogen and oxygen atoms in total. The predicted octanol–water partition coefficient (Wildman–Crippen LogP) is 5.14. The predicted molar refractivity (Wildman–Crippen MR) is 112 cm³/mol. The van der Waals surface area contributed by atoms with E-state index >= 15 is 0 Å². The third-order valence-corrected chi connectivity index (χ3v) is 6.78. The number of thiophene rings is 1. The number of pyridine rings is 1. The van der Waals surface area contributed by atoms with Crippen molar-refractivity contribution in [3.05, 3.63) is 78.2 Å². The zero-order valence-corrected chi connectivity index (χ0v) is 17.8. The van der Waals surface area contributed by atoms with Crippen LogP contribution in [0.1, 0.15) is 11.4 Å². The number of alkyl halides is 3. The van der Waals surface area contributed by atoms with Crippen LogP contribution in [-0.2, 0) is 22.6 Å². The van der Waals surface area contributed by atoms with Crippen LogP contribution in [0.25, 0.3) is 21.0 Å². The van der Waals surface area contributed by atoms with Crippen LogP contribution in [0.15, 0.2) is 71.8 Å². The van der Waals surface area contributed by atoms with Gasteiger partial charge in [-0.25, -0.2) is 8.42 Å². The first kappa shape index (κ1) is 21.3. The summed E-state index contributed by atoms with van der Waals surface area (Å²) in [6.07, 6.45) is -1.92. The molecular formula is C21H16F3N3O2S2. The van der Waals surface area contributed by atoms with E-state index in [1.54, 1.807) is 48.5 Å². The van der Waals surface area contributed by atoms with E-state index in [2.05, 4.69) is 10.1 Å². The third kappa shape index (κ3) is 4.70. The van der Waals surface area contributed by atoms with Gasteiger partial charge >= 0.3 is 6.18 Å². The fourth-order valence-electron chi connectivity index (χ4n) is 3.04. The Labute approximate surface area is 180 Å². The highest BCUT2D eigenvalue weighted by Crippen LogP contribution is 2.37. The molecule has 0 spiro atoms. The molecule has 160 valence electrons. The maximum atomic E-state index is 13.6. The lowest BCUT2D eigenvalue weighted by Crippen LogP contribution is -2.15. The normalized spacial score (nSPS) is 12.3. The van der Waals surface area contributed by atoms with Gasteiger partial charge in [0.1, 0.15) is 11.4 Å². The molecule has 10 heteroatoms. The van der Waals surface area contributed by atoms with E-state index < -0.39 is 21.7 Å². The van der Waals surface area contributed by atoms with Crippen LogP contribution < -0.4 is 0 Å². The van der Waals surface area contributed by atoms with Crippen molar-refractivity contribution in [3.63, 3.8) is 0 Å². The molecule has 3 heterocycles. The van der Waals surface area contributed by atoms with Crippen LogP contribution in [-0.4, -0.2) is 29.4 Å². The number of rotatable bonds is 5. The monoisotopic (exact) mass is 463 g/mol. The average molecular weight is 464 g/mol. The molecule has 0 amide bonds. The molecule has 0 saturated carbocycles. The van der Waals surface area contributed by atoms with Crippen LogP contribution in [0, 0.1) is 0 Å². The molecule has 0 radical (unpaired) electrons. The SMILES string of the molecule is CS(=O)(=O)c1cccc(-c2ccc(-c3cc(C(F)(F)F)n(Cc4ccccn4)n3)s2)c1. The van der Waals surface area contributed by atoms with E-state index in [0.29, 0.717) is 16.1 Å². The van der Waals surface area contributed by atoms with Crippen molar-refractivity contribution in [1.82, 2.24) is 14.8 Å². The summed E-state index contributed by atoms with van der Waals surface area (Å²) >= 11 is 1.24. The average Bonchev–Trinajstić information content (AvgIpc) is 3.35. The van der Waals surface area contributed by atoms with E-state index in [-0.39, 0.29) is 17.1 Å². The Morgan fingerprint density at radius 1 is 1.00 bits per heavy atom. The second-order valence-corrected chi connectivity index (χ2v) is 9.95. The molecule has 0 aliphatic rings. The van der Waals surface area contributed by atoms with Crippen molar-refractivity contribution in [2.45, 2.75) is 17.6 Å². The Balaban J connectivity index is 1.71. The number of benzene rings is 1. The first-order valence-corrected chi connectivity index (χ1v) is 11.8. The molecule has 3 aromatic heterocycles. The summed E-state index contributed by atoms with van der Waals surface area (Å²) in [4.78, 5) is 5.53. The summed E-state index contributed by atoms with van der Waals surface area (Å²) in [6.45, 7) is -0.107. The second-order valence-electron chi connectivity index (χ2n) is 6.86. The lowest BCUT2D eigenvalue weighted by atomic mass is 10.2. The van der Waals surface area contributed by atoms with Crippen molar-refractivity contribution in [2.75, 3.05) is 6.26 Å². The van der Waals surface area contributed by atoms with Gasteiger partial charge < -0.3 is 0 Å². The lowest BCUT2D eigenvalue weighted by molar-refractivity contribution is -0.144. The van der Waals surface area contributed by atoms with Gasteiger partial charge in [0, 0.05) is 17.3 Å². The van der Waals surface area contributed by atoms with Gasteiger partial charge in [0.15, 0.2) is 9.84 Å². The van der Waals surface area contributed by atoms with E-state index in [9.17, 15) is 21.6 Å². The number of halogens is 3. The van der Waals surface area contributed by atoms with E-state index in [1.165, 1.54) is 23.6 Å². The fourth-order valence-corrected chi connectivity index (χ4v) is 4.67. The molecule has 0 bridgehead atoms. The largest absolute Gasteiger partial charge is 0.433 e. The van der Waals surface area contributed by atoms with E-state index in [4.69, 9.17) is 0 Å². The Morgan fingerprint density at radius 2 is 1.77 bits per heavy atom. The number of sulfone groups is 1. The molecule has 31 heavy (non-hydrogen) atoms. The topological polar surface area (TPSA) is 64.8 Å². The number of hydrogen-bond acceptors (Lipinski definition) is 5. The molecular weight excluding hydrogens is 447 g/mol. The van der Waals surface area contributed by atoms with Gasteiger partial charge in [-0.15, -0.1) is 11.3 Å². The van der Waals surface area contributed by atoms with Gasteiger partial charge in [-0.3, -0.25) is 9.67 Å². The van der Waals surface area contributed by atoms with Crippen LogP contribution in [0.4, 0.5) is 13.2 Å². The smallest absolute Gasteiger partial charge is 0.259 e. The molecule has 4 aromatic rings. The second kappa shape index (κ2) is 7.93. The molecule has 0 N–H and O–H groups in total. The Kier molecular flexibility index (Phi) is 5.44. The van der Waals surface area contributed by atoms with Gasteiger partial charge in [-0.2, -0.15) is 18.3 Å². The molecule has 0 fully saturated rings. The highest BCUT2D eigenvalue weighted by atomic mass is 32.2. The van der Waals surface area contributed by atoms with Gasteiger partial charge in [0.05, 0.1) is 22.0 Å². The molecule has 0 aliphatic carbocycles. The van der Waals surface area contributed by atoms with Gasteiger partial charge in [0.2, 0.25) is 0 Å². The summed E-state index contributed by atoms with van der Waals surface area (Å²) in [5, 5.41) is 4.18. The molecule has 0 aliphatic heterocycles. The summed E-state index contributed by atoms with van der Waals surface area (Å²) in [5.74, 6) is 0. The van der Waals surface area contributed by atoms with Gasteiger partial charge in [0.25, 0.3) is 0 Å². The van der Waals surface area contributed by atoms with Crippen molar-refractivity contribution in [1.29, 1.82) is 0 Å². The minimum atomic E-state index is -4.57. The quantitative estimate of drug-likeness (QED) is 0.411. The third-order valence-electron chi connectivity index (χ3n) is 4.51. The molecule has 0 atom stereocenters. The summed E-state index contributed by atoms with van der Waals surface area (Å²) in [5.41, 5.74) is 0.469. The minimum Gasteiger partial charge on any atom is -0.259 e. The van der Waals surface area contributed by atoms with E-state index in [0.717, 1.165) is 21.9 Å². The molecule has 0 saturated heterocycles. The van der Waals surface area contributed by atoms with Crippen LogP contribution in [0.2, 0.25) is 0 Å². The van der Waals surface area contributed by atoms with Crippen LogP contribution in [0.5, 0.6) is 0 Å². The standard InChI is InChI=1S/C21H16F3N3O2S2/c1-31(28,29)16-7-4-5-14(11-16)18-8-9-19(30-18)17-12-20(21(22,23)24)27(26-17)13-15-6-2-3-10-25-15/h2-12H,13H2,1H3. The summed E-state index contributed by atoms with van der Waals surface area (Å²) < 4.78 is 65.2. The van der Waals surface area contributed by atoms with Crippen LogP contribution in [0.3, 0.4) is 0 Å². The fraction of sp³-hybridized carbons (Fsp3) is 0.143.